The number of nitrogens with two attached hydrogens (primary N) is 3. The summed E-state index contributed by atoms with van der Waals surface area (Å²) in [6, 6.07) is 8.26. The lowest BCUT2D eigenvalue weighted by molar-refractivity contribution is -0.134. The van der Waals surface area contributed by atoms with Crippen LogP contribution in [0.15, 0.2) is 73.3 Å². The minimum atomic E-state index is -1.22. The summed E-state index contributed by atoms with van der Waals surface area (Å²) in [5, 5.41) is 19.4. The Bertz CT molecular complexity index is 2420. The van der Waals surface area contributed by atoms with Crippen LogP contribution >= 0.6 is 0 Å². The summed E-state index contributed by atoms with van der Waals surface area (Å²) in [7, 11) is 0. The number of carbonyl (C=O) groups is 9. The number of carbonyl (C=O) groups excluding carboxylic acids is 9. The number of benzene rings is 2. The van der Waals surface area contributed by atoms with Crippen molar-refractivity contribution in [3.05, 3.63) is 90.1 Å². The molecule has 22 heteroatoms. The minimum absolute atomic E-state index is 0.0148. The molecule has 0 aliphatic heterocycles. The van der Waals surface area contributed by atoms with Crippen molar-refractivity contribution in [2.75, 3.05) is 6.54 Å². The van der Waals surface area contributed by atoms with Gasteiger partial charge in [-0.3, -0.25) is 43.2 Å². The van der Waals surface area contributed by atoms with Crippen molar-refractivity contribution in [2.45, 2.75) is 122 Å². The molecule has 0 unspecified atom stereocenters. The summed E-state index contributed by atoms with van der Waals surface area (Å²) in [6.45, 7) is 8.34. The number of nitrogens with zero attached hydrogens (tertiary/aromatic N) is 1. The number of aromatic nitrogens is 3. The Balaban J connectivity index is 1.38. The molecule has 2 heterocycles. The van der Waals surface area contributed by atoms with Crippen LogP contribution in [0.1, 0.15) is 77.1 Å². The van der Waals surface area contributed by atoms with Crippen LogP contribution in [-0.4, -0.2) is 117 Å². The number of fused-ring (bicyclic) bond motifs is 1. The lowest BCUT2D eigenvalue weighted by atomic mass is 10.0. The van der Waals surface area contributed by atoms with Crippen LogP contribution in [0.2, 0.25) is 0 Å². The fourth-order valence-corrected chi connectivity index (χ4v) is 7.45. The van der Waals surface area contributed by atoms with E-state index in [1.165, 1.54) is 19.4 Å². The molecule has 9 amide bonds. The SMILES string of the molecule is CC(C)C[C@H](NC(=O)[C@@H](Cc1ccccc1)NC(=O)[C@H](Cc1cnc[nH]1)NC(=O)CCNC(=O)[C@@H](NC(=O)[C@H](C)NC(=O)[C@H](Cc1c[nH]c2ccccc12)NC(=O)[C@@H](N)CCC(N)=O)C(C)C)C(N)=O. The van der Waals surface area contributed by atoms with Gasteiger partial charge in [0.05, 0.1) is 12.4 Å². The highest BCUT2D eigenvalue weighted by Gasteiger charge is 2.32. The van der Waals surface area contributed by atoms with Gasteiger partial charge in [0.15, 0.2) is 0 Å². The van der Waals surface area contributed by atoms with E-state index < -0.39 is 101 Å². The lowest BCUT2D eigenvalue weighted by Gasteiger charge is -2.26. The summed E-state index contributed by atoms with van der Waals surface area (Å²) in [4.78, 5) is 128. The molecule has 4 aromatic rings. The molecule has 0 bridgehead atoms. The molecule has 4 rings (SSSR count). The average molecular weight is 970 g/mol. The second kappa shape index (κ2) is 26.8. The molecule has 0 aliphatic carbocycles. The van der Waals surface area contributed by atoms with Crippen molar-refractivity contribution in [3.8, 4) is 0 Å². The fraction of sp³-hybridized carbons (Fsp3) is 0.458. The molecule has 22 nitrogen and oxygen atoms in total. The van der Waals surface area contributed by atoms with Gasteiger partial charge in [-0.1, -0.05) is 76.2 Å². The zero-order valence-corrected chi connectivity index (χ0v) is 40.1. The Morgan fingerprint density at radius 2 is 1.24 bits per heavy atom. The Morgan fingerprint density at radius 3 is 1.87 bits per heavy atom. The predicted octanol–water partition coefficient (Wildman–Crippen LogP) is -0.866. The van der Waals surface area contributed by atoms with Crippen LogP contribution in [0.4, 0.5) is 0 Å². The third kappa shape index (κ3) is 17.5. The van der Waals surface area contributed by atoms with E-state index in [0.717, 1.165) is 16.5 Å². The van der Waals surface area contributed by atoms with Gasteiger partial charge in [-0.25, -0.2) is 4.98 Å². The quantitative estimate of drug-likeness (QED) is 0.0332. The molecule has 70 heavy (non-hydrogen) atoms. The van der Waals surface area contributed by atoms with E-state index in [1.54, 1.807) is 50.4 Å². The third-order valence-electron chi connectivity index (χ3n) is 11.3. The number of H-pyrrole nitrogens is 2. The van der Waals surface area contributed by atoms with Crippen LogP contribution in [0, 0.1) is 11.8 Å². The maximum Gasteiger partial charge on any atom is 0.243 e. The maximum absolute atomic E-state index is 13.9. The van der Waals surface area contributed by atoms with E-state index in [1.807, 2.05) is 38.1 Å². The highest BCUT2D eigenvalue weighted by atomic mass is 16.2. The van der Waals surface area contributed by atoms with Crippen LogP contribution in [0.5, 0.6) is 0 Å². The van der Waals surface area contributed by atoms with Crippen molar-refractivity contribution in [3.63, 3.8) is 0 Å². The Labute approximate surface area is 406 Å². The van der Waals surface area contributed by atoms with Gasteiger partial charge in [-0.05, 0) is 48.8 Å². The molecular weight excluding hydrogens is 903 g/mol. The largest absolute Gasteiger partial charge is 0.370 e. The Hall–Kier alpha value is -7.62. The molecule has 0 aliphatic rings. The van der Waals surface area contributed by atoms with Gasteiger partial charge < -0.3 is 64.4 Å². The number of hydrogen-bond acceptors (Lipinski definition) is 11. The van der Waals surface area contributed by atoms with Crippen LogP contribution in [0.25, 0.3) is 10.9 Å². The summed E-state index contributed by atoms with van der Waals surface area (Å²) < 4.78 is 0. The summed E-state index contributed by atoms with van der Waals surface area (Å²) in [5.74, 6) is -6.54. The average Bonchev–Trinajstić information content (AvgIpc) is 3.98. The molecule has 0 radical (unpaired) electrons. The second-order valence-electron chi connectivity index (χ2n) is 18.0. The molecule has 2 aromatic carbocycles. The first-order valence-corrected chi connectivity index (χ1v) is 23.2. The topological polar surface area (TPSA) is 360 Å². The van der Waals surface area contributed by atoms with E-state index in [2.05, 4.69) is 52.2 Å². The van der Waals surface area contributed by atoms with Gasteiger partial charge in [0, 0.05) is 67.6 Å². The van der Waals surface area contributed by atoms with Crippen molar-refractivity contribution >= 4 is 64.1 Å². The Morgan fingerprint density at radius 1 is 0.629 bits per heavy atom. The van der Waals surface area contributed by atoms with Crippen molar-refractivity contribution in [2.24, 2.45) is 29.0 Å². The minimum Gasteiger partial charge on any atom is -0.370 e. The number of imidazole rings is 1. The first-order chi connectivity index (χ1) is 33.2. The highest BCUT2D eigenvalue weighted by molar-refractivity contribution is 5.96. The normalized spacial score (nSPS) is 14.2. The van der Waals surface area contributed by atoms with Gasteiger partial charge in [-0.2, -0.15) is 0 Å². The number of hydrogen-bond donors (Lipinski definition) is 12. The van der Waals surface area contributed by atoms with Gasteiger partial charge in [0.2, 0.25) is 53.2 Å². The van der Waals surface area contributed by atoms with Crippen molar-refractivity contribution in [1.29, 1.82) is 0 Å². The molecule has 0 saturated heterocycles. The second-order valence-corrected chi connectivity index (χ2v) is 18.0. The van der Waals surface area contributed by atoms with Gasteiger partial charge in [-0.15, -0.1) is 0 Å². The van der Waals surface area contributed by atoms with Gasteiger partial charge in [0.1, 0.15) is 36.3 Å². The molecule has 15 N–H and O–H groups in total. The molecule has 0 saturated carbocycles. The van der Waals surface area contributed by atoms with E-state index >= 15 is 0 Å². The molecular formula is C48H67N13O9. The number of aromatic amines is 2. The maximum atomic E-state index is 13.9. The van der Waals surface area contributed by atoms with Gasteiger partial charge >= 0.3 is 0 Å². The van der Waals surface area contributed by atoms with E-state index in [4.69, 9.17) is 17.2 Å². The fourth-order valence-electron chi connectivity index (χ4n) is 7.45. The summed E-state index contributed by atoms with van der Waals surface area (Å²) in [6.07, 6.45) is 4.41. The van der Waals surface area contributed by atoms with Crippen LogP contribution in [0.3, 0.4) is 0 Å². The number of rotatable bonds is 28. The molecule has 378 valence electrons. The highest BCUT2D eigenvalue weighted by Crippen LogP contribution is 2.20. The third-order valence-corrected chi connectivity index (χ3v) is 11.3. The van der Waals surface area contributed by atoms with Crippen molar-refractivity contribution < 1.29 is 43.2 Å². The van der Waals surface area contributed by atoms with Crippen LogP contribution in [-0.2, 0) is 62.4 Å². The van der Waals surface area contributed by atoms with E-state index in [0.29, 0.717) is 11.3 Å². The van der Waals surface area contributed by atoms with E-state index in [-0.39, 0.29) is 57.4 Å². The predicted molar refractivity (Wildman–Crippen MR) is 259 cm³/mol. The lowest BCUT2D eigenvalue weighted by Crippen LogP contribution is -2.58. The zero-order chi connectivity index (χ0) is 51.5. The Kier molecular flexibility index (Phi) is 21.0. The molecule has 7 atom stereocenters. The number of para-hydroxylation sites is 1. The van der Waals surface area contributed by atoms with Gasteiger partial charge in [0.25, 0.3) is 0 Å². The van der Waals surface area contributed by atoms with E-state index in [9.17, 15) is 43.2 Å². The van der Waals surface area contributed by atoms with Crippen molar-refractivity contribution in [1.82, 2.24) is 52.2 Å². The number of nitrogens with one attached hydrogen (secondary N) is 9. The smallest absolute Gasteiger partial charge is 0.243 e. The standard InChI is InChI=1S/C48H67N13O9/c1-26(2)19-35(42(51)64)58-46(68)36(20-29-11-7-6-8-12-29)60-47(69)38(22-31-24-52-25-55-31)57-40(63)17-18-53-48(70)41(27(3)4)61-43(65)28(5)56-45(67)37(59-44(66)33(49)15-16-39(50)62)21-30-23-54-34-14-10-9-13-32(30)34/h6-14,23-28,33,35-38,41,54H,15-22,49H2,1-5H3,(H2,50,62)(H2,51,64)(H,52,55)(H,53,70)(H,56,67)(H,57,63)(H,58,68)(H,59,66)(H,60,69)(H,61,65)/t28-,33-,35-,36+,37-,38-,41-/m0/s1. The first-order valence-electron chi connectivity index (χ1n) is 23.2. The first kappa shape index (κ1) is 55.0. The number of primary amides is 2. The van der Waals surface area contributed by atoms with Crippen LogP contribution < -0.4 is 54.4 Å². The molecule has 0 fully saturated rings. The monoisotopic (exact) mass is 970 g/mol. The summed E-state index contributed by atoms with van der Waals surface area (Å²) >= 11 is 0. The molecule has 0 spiro atoms. The molecule has 2 aromatic heterocycles. The summed E-state index contributed by atoms with van der Waals surface area (Å²) in [5.41, 5.74) is 19.5. The zero-order valence-electron chi connectivity index (χ0n) is 40.1. The number of amides is 9.